The zero-order valence-electron chi connectivity index (χ0n) is 21.2. The Bertz CT molecular complexity index is 1140. The van der Waals surface area contributed by atoms with Gasteiger partial charge in [-0.1, -0.05) is 54.4 Å². The molecule has 7 nitrogen and oxygen atoms in total. The summed E-state index contributed by atoms with van der Waals surface area (Å²) >= 11 is 6.11. The summed E-state index contributed by atoms with van der Waals surface area (Å²) in [6, 6.07) is 12.3. The fourth-order valence-corrected chi connectivity index (χ4v) is 5.23. The van der Waals surface area contributed by atoms with Gasteiger partial charge in [-0.05, 0) is 56.9 Å². The van der Waals surface area contributed by atoms with Crippen LogP contribution in [0.5, 0.6) is 0 Å². The Kier molecular flexibility index (Phi) is 10.6. The summed E-state index contributed by atoms with van der Waals surface area (Å²) in [5, 5.41) is 3.26. The molecule has 0 bridgehead atoms. The van der Waals surface area contributed by atoms with E-state index >= 15 is 0 Å². The van der Waals surface area contributed by atoms with Gasteiger partial charge in [0, 0.05) is 31.1 Å². The number of anilines is 1. The van der Waals surface area contributed by atoms with Crippen molar-refractivity contribution in [3.05, 3.63) is 64.2 Å². The highest BCUT2D eigenvalue weighted by molar-refractivity contribution is 7.92. The molecule has 0 radical (unpaired) electrons. The number of benzene rings is 2. The van der Waals surface area contributed by atoms with Crippen LogP contribution in [0, 0.1) is 13.8 Å². The molecule has 1 unspecified atom stereocenters. The minimum Gasteiger partial charge on any atom is -0.355 e. The minimum atomic E-state index is -3.58. The predicted molar refractivity (Wildman–Crippen MR) is 142 cm³/mol. The highest BCUT2D eigenvalue weighted by Gasteiger charge is 2.28. The minimum absolute atomic E-state index is 0.105. The van der Waals surface area contributed by atoms with Crippen molar-refractivity contribution >= 4 is 39.1 Å². The number of amides is 2. The van der Waals surface area contributed by atoms with E-state index in [1.807, 2.05) is 52.0 Å². The van der Waals surface area contributed by atoms with E-state index < -0.39 is 16.1 Å². The second-order valence-corrected chi connectivity index (χ2v) is 11.0. The fraction of sp³-hybridized carbons (Fsp3) is 0.462. The van der Waals surface area contributed by atoms with E-state index in [4.69, 9.17) is 11.6 Å². The molecular formula is C26H36ClN3O4S. The molecule has 0 aromatic heterocycles. The van der Waals surface area contributed by atoms with Gasteiger partial charge >= 0.3 is 0 Å². The highest BCUT2D eigenvalue weighted by Crippen LogP contribution is 2.27. The Hall–Kier alpha value is -2.58. The summed E-state index contributed by atoms with van der Waals surface area (Å²) in [5.41, 5.74) is 3.28. The van der Waals surface area contributed by atoms with Gasteiger partial charge < -0.3 is 10.2 Å². The monoisotopic (exact) mass is 521 g/mol. The molecule has 0 spiro atoms. The van der Waals surface area contributed by atoms with Gasteiger partial charge in [0.05, 0.1) is 11.9 Å². The van der Waals surface area contributed by atoms with Crippen LogP contribution in [0.2, 0.25) is 5.02 Å². The van der Waals surface area contributed by atoms with E-state index in [2.05, 4.69) is 5.32 Å². The molecule has 0 saturated heterocycles. The van der Waals surface area contributed by atoms with E-state index in [0.717, 1.165) is 22.9 Å². The molecule has 9 heteroatoms. The molecular weight excluding hydrogens is 486 g/mol. The molecule has 0 aliphatic carbocycles. The SMILES string of the molecule is CCNC(=O)C(CC)N(Cc1cccc(C)c1)C(=O)CCCN(c1cc(Cl)ccc1C)S(C)(=O)=O. The van der Waals surface area contributed by atoms with Crippen molar-refractivity contribution in [2.45, 2.75) is 59.5 Å². The lowest BCUT2D eigenvalue weighted by atomic mass is 10.1. The van der Waals surface area contributed by atoms with Gasteiger partial charge in [0.25, 0.3) is 0 Å². The van der Waals surface area contributed by atoms with Crippen molar-refractivity contribution in [1.29, 1.82) is 0 Å². The van der Waals surface area contributed by atoms with Crippen LogP contribution in [-0.2, 0) is 26.2 Å². The van der Waals surface area contributed by atoms with E-state index in [0.29, 0.717) is 36.6 Å². The molecule has 0 heterocycles. The lowest BCUT2D eigenvalue weighted by molar-refractivity contribution is -0.141. The molecule has 2 amide bonds. The van der Waals surface area contributed by atoms with Crippen LogP contribution in [0.25, 0.3) is 0 Å². The van der Waals surface area contributed by atoms with Crippen LogP contribution >= 0.6 is 11.6 Å². The Morgan fingerprint density at radius 2 is 1.80 bits per heavy atom. The first-order chi connectivity index (χ1) is 16.5. The van der Waals surface area contributed by atoms with Gasteiger partial charge in [0.2, 0.25) is 21.8 Å². The Morgan fingerprint density at radius 3 is 2.40 bits per heavy atom. The third-order valence-corrected chi connectivity index (χ3v) is 7.18. The molecule has 0 fully saturated rings. The first-order valence-corrected chi connectivity index (χ1v) is 14.1. The smallest absolute Gasteiger partial charge is 0.242 e. The normalized spacial score (nSPS) is 12.2. The number of sulfonamides is 1. The average molecular weight is 522 g/mol. The highest BCUT2D eigenvalue weighted by atomic mass is 35.5. The third kappa shape index (κ3) is 8.25. The van der Waals surface area contributed by atoms with Crippen LogP contribution in [-0.4, -0.2) is 50.5 Å². The van der Waals surface area contributed by atoms with E-state index in [-0.39, 0.29) is 24.8 Å². The first-order valence-electron chi connectivity index (χ1n) is 11.8. The van der Waals surface area contributed by atoms with Crippen LogP contribution in [0.4, 0.5) is 5.69 Å². The number of carbonyl (C=O) groups is 2. The summed E-state index contributed by atoms with van der Waals surface area (Å²) in [6.45, 7) is 8.43. The molecule has 2 aromatic rings. The first kappa shape index (κ1) is 28.7. The molecule has 1 atom stereocenters. The molecule has 0 aliphatic rings. The molecule has 0 aliphatic heterocycles. The lowest BCUT2D eigenvalue weighted by Gasteiger charge is -2.31. The topological polar surface area (TPSA) is 86.8 Å². The van der Waals surface area contributed by atoms with Gasteiger partial charge in [0.1, 0.15) is 6.04 Å². The van der Waals surface area contributed by atoms with Gasteiger partial charge in [-0.2, -0.15) is 0 Å². The van der Waals surface area contributed by atoms with Crippen molar-refractivity contribution in [3.8, 4) is 0 Å². The van der Waals surface area contributed by atoms with Crippen molar-refractivity contribution in [1.82, 2.24) is 10.2 Å². The molecule has 192 valence electrons. The van der Waals surface area contributed by atoms with Gasteiger partial charge in [0.15, 0.2) is 0 Å². The summed E-state index contributed by atoms with van der Waals surface area (Å²) in [6.07, 6.45) is 2.02. The van der Waals surface area contributed by atoms with Gasteiger partial charge in [-0.3, -0.25) is 13.9 Å². The number of carbonyl (C=O) groups excluding carboxylic acids is 2. The van der Waals surface area contributed by atoms with Gasteiger partial charge in [-0.15, -0.1) is 0 Å². The Morgan fingerprint density at radius 1 is 1.09 bits per heavy atom. The second kappa shape index (κ2) is 12.9. The second-order valence-electron chi connectivity index (χ2n) is 8.70. The Balaban J connectivity index is 2.24. The fourth-order valence-electron chi connectivity index (χ4n) is 4.05. The molecule has 0 saturated carbocycles. The van der Waals surface area contributed by atoms with Crippen molar-refractivity contribution in [2.24, 2.45) is 0 Å². The molecule has 1 N–H and O–H groups in total. The maximum absolute atomic E-state index is 13.4. The van der Waals surface area contributed by atoms with Crippen molar-refractivity contribution < 1.29 is 18.0 Å². The quantitative estimate of drug-likeness (QED) is 0.447. The summed E-state index contributed by atoms with van der Waals surface area (Å²) in [5.74, 6) is -0.385. The summed E-state index contributed by atoms with van der Waals surface area (Å²) < 4.78 is 26.3. The number of likely N-dealkylation sites (N-methyl/N-ethyl adjacent to an activating group) is 1. The number of hydrogen-bond donors (Lipinski definition) is 1. The van der Waals surface area contributed by atoms with Crippen LogP contribution in [0.15, 0.2) is 42.5 Å². The number of nitrogens with zero attached hydrogens (tertiary/aromatic N) is 2. The molecule has 2 rings (SSSR count). The standard InChI is InChI=1S/C26H36ClN3O4S/c1-6-23(26(32)28-7-2)29(18-21-11-8-10-19(3)16-21)25(31)12-9-15-30(35(5,33)34)24-17-22(27)14-13-20(24)4/h8,10-11,13-14,16-17,23H,6-7,9,12,15,18H2,1-5H3,(H,28,32). The Labute approximate surface area is 214 Å². The third-order valence-electron chi connectivity index (χ3n) is 5.76. The zero-order chi connectivity index (χ0) is 26.2. The van der Waals surface area contributed by atoms with Crippen molar-refractivity contribution in [2.75, 3.05) is 23.7 Å². The summed E-state index contributed by atoms with van der Waals surface area (Å²) in [7, 11) is -3.58. The van der Waals surface area contributed by atoms with Gasteiger partial charge in [-0.25, -0.2) is 8.42 Å². The van der Waals surface area contributed by atoms with Crippen LogP contribution in [0.3, 0.4) is 0 Å². The van der Waals surface area contributed by atoms with Crippen LogP contribution < -0.4 is 9.62 Å². The predicted octanol–water partition coefficient (Wildman–Crippen LogP) is 4.45. The largest absolute Gasteiger partial charge is 0.355 e. The number of nitrogens with one attached hydrogen (secondary N) is 1. The number of aryl methyl sites for hydroxylation is 2. The lowest BCUT2D eigenvalue weighted by Crippen LogP contribution is -2.49. The maximum Gasteiger partial charge on any atom is 0.242 e. The van der Waals surface area contributed by atoms with E-state index in [1.165, 1.54) is 4.31 Å². The maximum atomic E-state index is 13.4. The van der Waals surface area contributed by atoms with Crippen LogP contribution in [0.1, 0.15) is 49.8 Å². The number of halogens is 1. The van der Waals surface area contributed by atoms with E-state index in [1.54, 1.807) is 23.1 Å². The summed E-state index contributed by atoms with van der Waals surface area (Å²) in [4.78, 5) is 27.7. The number of rotatable bonds is 12. The average Bonchev–Trinajstić information content (AvgIpc) is 2.77. The number of hydrogen-bond acceptors (Lipinski definition) is 4. The molecule has 2 aromatic carbocycles. The van der Waals surface area contributed by atoms with E-state index in [9.17, 15) is 18.0 Å². The zero-order valence-corrected chi connectivity index (χ0v) is 22.7. The molecule has 35 heavy (non-hydrogen) atoms. The van der Waals surface area contributed by atoms with Crippen molar-refractivity contribution in [3.63, 3.8) is 0 Å².